The zero-order chi connectivity index (χ0) is 12.4. The predicted octanol–water partition coefficient (Wildman–Crippen LogP) is 2.28. The third-order valence-electron chi connectivity index (χ3n) is 2.15. The number of nitrogens with zero attached hydrogens (tertiary/aromatic N) is 1. The lowest BCUT2D eigenvalue weighted by Crippen LogP contribution is -1.91. The summed E-state index contributed by atoms with van der Waals surface area (Å²) in [7, 11) is 0. The lowest BCUT2D eigenvalue weighted by molar-refractivity contribution is 0.0699. The van der Waals surface area contributed by atoms with Crippen LogP contribution in [0.5, 0.6) is 5.88 Å². The molecule has 0 aliphatic carbocycles. The van der Waals surface area contributed by atoms with Gasteiger partial charge in [0, 0.05) is 6.42 Å². The van der Waals surface area contributed by atoms with Crippen LogP contribution in [0.25, 0.3) is 0 Å². The molecule has 2 N–H and O–H groups in total. The van der Waals surface area contributed by atoms with E-state index in [-0.39, 0.29) is 17.1 Å². The van der Waals surface area contributed by atoms with E-state index in [2.05, 4.69) is 4.98 Å². The van der Waals surface area contributed by atoms with E-state index in [0.717, 1.165) is 11.3 Å². The van der Waals surface area contributed by atoms with Crippen molar-refractivity contribution in [3.63, 3.8) is 0 Å². The third-order valence-corrected chi connectivity index (χ3v) is 3.18. The van der Waals surface area contributed by atoms with Crippen molar-refractivity contribution >= 4 is 17.3 Å². The second-order valence-electron chi connectivity index (χ2n) is 3.33. The van der Waals surface area contributed by atoms with Gasteiger partial charge in [-0.1, -0.05) is 18.2 Å². The van der Waals surface area contributed by atoms with Crippen molar-refractivity contribution in [2.45, 2.75) is 6.42 Å². The maximum absolute atomic E-state index is 13.3. The molecule has 1 aromatic heterocycles. The quantitative estimate of drug-likeness (QED) is 0.880. The van der Waals surface area contributed by atoms with Crippen molar-refractivity contribution in [3.05, 3.63) is 45.5 Å². The first kappa shape index (κ1) is 11.5. The van der Waals surface area contributed by atoms with Crippen molar-refractivity contribution in [1.82, 2.24) is 4.98 Å². The highest BCUT2D eigenvalue weighted by Gasteiger charge is 2.17. The largest absolute Gasteiger partial charge is 0.492 e. The van der Waals surface area contributed by atoms with Gasteiger partial charge in [-0.05, 0) is 11.6 Å². The molecule has 17 heavy (non-hydrogen) atoms. The van der Waals surface area contributed by atoms with Crippen LogP contribution in [0, 0.1) is 5.82 Å². The summed E-state index contributed by atoms with van der Waals surface area (Å²) in [5, 5.41) is 18.4. The molecule has 0 amide bonds. The number of halogens is 1. The number of thiazole rings is 1. The van der Waals surface area contributed by atoms with Crippen LogP contribution < -0.4 is 0 Å². The summed E-state index contributed by atoms with van der Waals surface area (Å²) in [4.78, 5) is 14.2. The normalized spacial score (nSPS) is 10.4. The standard InChI is InChI=1S/C11H8FNO3S/c12-7-4-2-1-3-6(7)5-8-13-10(14)9(17-8)11(15)16/h1-4,14H,5H2,(H,15,16). The van der Waals surface area contributed by atoms with Gasteiger partial charge in [-0.2, -0.15) is 0 Å². The molecule has 6 heteroatoms. The van der Waals surface area contributed by atoms with Crippen LogP contribution in [0.2, 0.25) is 0 Å². The molecular formula is C11H8FNO3S. The molecule has 0 saturated carbocycles. The molecule has 1 heterocycles. The van der Waals surface area contributed by atoms with Crippen LogP contribution in [0.15, 0.2) is 24.3 Å². The third kappa shape index (κ3) is 2.42. The predicted molar refractivity (Wildman–Crippen MR) is 59.9 cm³/mol. The van der Waals surface area contributed by atoms with Gasteiger partial charge in [0.05, 0.1) is 0 Å². The highest BCUT2D eigenvalue weighted by Crippen LogP contribution is 2.26. The summed E-state index contributed by atoms with van der Waals surface area (Å²) in [6, 6.07) is 6.17. The molecule has 0 aliphatic rings. The highest BCUT2D eigenvalue weighted by atomic mass is 32.1. The molecule has 88 valence electrons. The Morgan fingerprint density at radius 2 is 2.12 bits per heavy atom. The molecule has 0 bridgehead atoms. The van der Waals surface area contributed by atoms with E-state index in [1.54, 1.807) is 18.2 Å². The Morgan fingerprint density at radius 1 is 1.41 bits per heavy atom. The summed E-state index contributed by atoms with van der Waals surface area (Å²) in [5.41, 5.74) is 0.415. The van der Waals surface area contributed by atoms with Gasteiger partial charge in [0.2, 0.25) is 5.88 Å². The molecule has 0 aliphatic heterocycles. The van der Waals surface area contributed by atoms with E-state index in [0.29, 0.717) is 10.6 Å². The van der Waals surface area contributed by atoms with Crippen LogP contribution in [-0.4, -0.2) is 21.2 Å². The monoisotopic (exact) mass is 253 g/mol. The van der Waals surface area contributed by atoms with E-state index in [4.69, 9.17) is 5.11 Å². The van der Waals surface area contributed by atoms with Gasteiger partial charge >= 0.3 is 5.97 Å². The number of hydrogen-bond acceptors (Lipinski definition) is 4. The lowest BCUT2D eigenvalue weighted by Gasteiger charge is -1.98. The Hall–Kier alpha value is -1.95. The van der Waals surface area contributed by atoms with Gasteiger partial charge in [0.25, 0.3) is 0 Å². The zero-order valence-corrected chi connectivity index (χ0v) is 9.37. The number of carboxylic acid groups (broad SMARTS) is 1. The average molecular weight is 253 g/mol. The van der Waals surface area contributed by atoms with Crippen LogP contribution >= 0.6 is 11.3 Å². The topological polar surface area (TPSA) is 70.4 Å². The summed E-state index contributed by atoms with van der Waals surface area (Å²) in [6.45, 7) is 0. The van der Waals surface area contributed by atoms with Crippen molar-refractivity contribution in [2.75, 3.05) is 0 Å². The van der Waals surface area contributed by atoms with Crippen LogP contribution in [0.1, 0.15) is 20.2 Å². The van der Waals surface area contributed by atoms with Crippen LogP contribution in [0.3, 0.4) is 0 Å². The number of aromatic carboxylic acids is 1. The number of aromatic hydroxyl groups is 1. The van der Waals surface area contributed by atoms with Gasteiger partial charge < -0.3 is 10.2 Å². The number of rotatable bonds is 3. The van der Waals surface area contributed by atoms with Gasteiger partial charge in [-0.25, -0.2) is 14.2 Å². The molecule has 0 atom stereocenters. The molecule has 2 aromatic rings. The average Bonchev–Trinajstić information content (AvgIpc) is 2.63. The molecule has 2 rings (SSSR count). The van der Waals surface area contributed by atoms with Gasteiger partial charge in [0.1, 0.15) is 10.8 Å². The second kappa shape index (κ2) is 4.50. The van der Waals surface area contributed by atoms with E-state index in [9.17, 15) is 14.3 Å². The number of benzene rings is 1. The van der Waals surface area contributed by atoms with Gasteiger partial charge in [-0.15, -0.1) is 11.3 Å². The van der Waals surface area contributed by atoms with Crippen molar-refractivity contribution in [1.29, 1.82) is 0 Å². The molecular weight excluding hydrogens is 245 g/mol. The first-order chi connectivity index (χ1) is 8.08. The Kier molecular flexibility index (Phi) is 3.06. The molecule has 0 fully saturated rings. The van der Waals surface area contributed by atoms with E-state index < -0.39 is 11.8 Å². The number of aromatic nitrogens is 1. The Labute approximate surface area is 100.0 Å². The maximum atomic E-state index is 13.3. The smallest absolute Gasteiger partial charge is 0.351 e. The Balaban J connectivity index is 2.28. The molecule has 0 spiro atoms. The first-order valence-corrected chi connectivity index (χ1v) is 5.55. The number of carboxylic acids is 1. The molecule has 0 radical (unpaired) electrons. The maximum Gasteiger partial charge on any atom is 0.351 e. The molecule has 0 saturated heterocycles. The summed E-state index contributed by atoms with van der Waals surface area (Å²) >= 11 is 0.844. The molecule has 1 aromatic carbocycles. The minimum Gasteiger partial charge on any atom is -0.492 e. The number of carbonyl (C=O) groups is 1. The van der Waals surface area contributed by atoms with E-state index >= 15 is 0 Å². The Morgan fingerprint density at radius 3 is 2.71 bits per heavy atom. The highest BCUT2D eigenvalue weighted by molar-refractivity contribution is 7.13. The first-order valence-electron chi connectivity index (χ1n) is 4.73. The van der Waals surface area contributed by atoms with Crippen molar-refractivity contribution < 1.29 is 19.4 Å². The van der Waals surface area contributed by atoms with Gasteiger partial charge in [-0.3, -0.25) is 0 Å². The van der Waals surface area contributed by atoms with Gasteiger partial charge in [0.15, 0.2) is 4.88 Å². The number of hydrogen-bond donors (Lipinski definition) is 2. The van der Waals surface area contributed by atoms with E-state index in [1.165, 1.54) is 6.07 Å². The van der Waals surface area contributed by atoms with Crippen LogP contribution in [0.4, 0.5) is 4.39 Å². The Bertz CT molecular complexity index is 568. The van der Waals surface area contributed by atoms with Crippen molar-refractivity contribution in [2.24, 2.45) is 0 Å². The molecule has 0 unspecified atom stereocenters. The van der Waals surface area contributed by atoms with Crippen molar-refractivity contribution in [3.8, 4) is 5.88 Å². The SMILES string of the molecule is O=C(O)c1sc(Cc2ccccc2F)nc1O. The van der Waals surface area contributed by atoms with Crippen LogP contribution in [-0.2, 0) is 6.42 Å². The lowest BCUT2D eigenvalue weighted by atomic mass is 10.1. The summed E-state index contributed by atoms with van der Waals surface area (Å²) in [5.74, 6) is -2.13. The molecule has 4 nitrogen and oxygen atoms in total. The zero-order valence-electron chi connectivity index (χ0n) is 8.55. The minimum absolute atomic E-state index is 0.165. The minimum atomic E-state index is -1.24. The fraction of sp³-hybridized carbons (Fsp3) is 0.0909. The van der Waals surface area contributed by atoms with E-state index in [1.807, 2.05) is 0 Å². The summed E-state index contributed by atoms with van der Waals surface area (Å²) < 4.78 is 13.3. The fourth-order valence-electron chi connectivity index (χ4n) is 1.37. The second-order valence-corrected chi connectivity index (χ2v) is 4.42. The fourth-order valence-corrected chi connectivity index (χ4v) is 2.19. The summed E-state index contributed by atoms with van der Waals surface area (Å²) in [6.07, 6.45) is 0.165.